The van der Waals surface area contributed by atoms with E-state index in [2.05, 4.69) is 22.3 Å². The topological polar surface area (TPSA) is 56.1 Å². The molecule has 0 bridgehead atoms. The highest BCUT2D eigenvalue weighted by molar-refractivity contribution is 5.93. The number of ether oxygens (including phenoxy) is 1. The van der Waals surface area contributed by atoms with Crippen LogP contribution in [0.2, 0.25) is 0 Å². The summed E-state index contributed by atoms with van der Waals surface area (Å²) in [4.78, 5) is 11.6. The Morgan fingerprint density at radius 2 is 2.45 bits per heavy atom. The van der Waals surface area contributed by atoms with Crippen molar-refractivity contribution in [3.05, 3.63) is 18.0 Å². The van der Waals surface area contributed by atoms with Crippen LogP contribution >= 0.6 is 0 Å². The maximum absolute atomic E-state index is 12.3. The number of amides is 1. The number of hydrogen-bond acceptors (Lipinski definition) is 3. The van der Waals surface area contributed by atoms with Crippen molar-refractivity contribution in [3.63, 3.8) is 0 Å². The zero-order chi connectivity index (χ0) is 14.4. The van der Waals surface area contributed by atoms with Crippen molar-refractivity contribution < 1.29 is 18.3 Å². The highest BCUT2D eigenvalue weighted by atomic mass is 19.3. The van der Waals surface area contributed by atoms with Gasteiger partial charge in [-0.15, -0.1) is 0 Å². The number of carbonyl (C=O) groups is 1. The van der Waals surface area contributed by atoms with Crippen LogP contribution < -0.4 is 5.32 Å². The van der Waals surface area contributed by atoms with E-state index in [1.165, 1.54) is 0 Å². The van der Waals surface area contributed by atoms with Gasteiger partial charge in [-0.2, -0.15) is 13.9 Å². The van der Waals surface area contributed by atoms with E-state index in [-0.39, 0.29) is 18.2 Å². The van der Waals surface area contributed by atoms with E-state index >= 15 is 0 Å². The number of nitrogens with one attached hydrogen (secondary N) is 1. The molecule has 1 aliphatic rings. The summed E-state index contributed by atoms with van der Waals surface area (Å²) in [5.74, 6) is 5.25. The number of hydrogen-bond donors (Lipinski definition) is 1. The molecule has 1 aliphatic heterocycles. The van der Waals surface area contributed by atoms with Crippen molar-refractivity contribution in [2.75, 3.05) is 13.2 Å². The van der Waals surface area contributed by atoms with Crippen LogP contribution in [-0.2, 0) is 4.74 Å². The second kappa shape index (κ2) is 7.01. The van der Waals surface area contributed by atoms with Crippen molar-refractivity contribution in [2.24, 2.45) is 0 Å². The van der Waals surface area contributed by atoms with Gasteiger partial charge in [0.2, 0.25) is 0 Å². The lowest BCUT2D eigenvalue weighted by atomic mass is 10.1. The molecule has 0 aliphatic carbocycles. The lowest BCUT2D eigenvalue weighted by Crippen LogP contribution is -2.24. The fourth-order valence-corrected chi connectivity index (χ4v) is 1.81. The Morgan fingerprint density at radius 3 is 3.10 bits per heavy atom. The van der Waals surface area contributed by atoms with Gasteiger partial charge in [0, 0.05) is 12.8 Å². The second-order valence-corrected chi connectivity index (χ2v) is 4.35. The number of aromatic nitrogens is 2. The SMILES string of the molecule is O=C(NCC#CC1CCCCO1)c1cnn(C(F)F)c1. The highest BCUT2D eigenvalue weighted by Gasteiger charge is 2.12. The molecule has 0 saturated carbocycles. The molecule has 1 unspecified atom stereocenters. The average Bonchev–Trinajstić information content (AvgIpc) is 2.94. The molecule has 108 valence electrons. The van der Waals surface area contributed by atoms with Crippen LogP contribution in [0.1, 0.15) is 36.2 Å². The van der Waals surface area contributed by atoms with Crippen molar-refractivity contribution in [1.82, 2.24) is 15.1 Å². The standard InChI is InChI=1S/C13H15F2N3O2/c14-13(15)18-9-10(8-17-18)12(19)16-6-3-5-11-4-1-2-7-20-11/h8-9,11,13H,1-2,4,6-7H2,(H,16,19). The van der Waals surface area contributed by atoms with Gasteiger partial charge in [-0.3, -0.25) is 4.79 Å². The van der Waals surface area contributed by atoms with Crippen LogP contribution in [-0.4, -0.2) is 34.9 Å². The number of rotatable bonds is 3. The summed E-state index contributed by atoms with van der Waals surface area (Å²) >= 11 is 0. The third kappa shape index (κ3) is 4.03. The molecule has 1 atom stereocenters. The van der Waals surface area contributed by atoms with Gasteiger partial charge in [0.1, 0.15) is 6.10 Å². The average molecular weight is 283 g/mol. The van der Waals surface area contributed by atoms with Gasteiger partial charge < -0.3 is 10.1 Å². The van der Waals surface area contributed by atoms with Crippen molar-refractivity contribution in [1.29, 1.82) is 0 Å². The summed E-state index contributed by atoms with van der Waals surface area (Å²) in [7, 11) is 0. The Hall–Kier alpha value is -1.94. The zero-order valence-corrected chi connectivity index (χ0v) is 10.8. The zero-order valence-electron chi connectivity index (χ0n) is 10.8. The van der Waals surface area contributed by atoms with Gasteiger partial charge in [0.25, 0.3) is 5.91 Å². The fraction of sp³-hybridized carbons (Fsp3) is 0.538. The van der Waals surface area contributed by atoms with Crippen LogP contribution in [0.25, 0.3) is 0 Å². The number of nitrogens with zero attached hydrogens (tertiary/aromatic N) is 2. The maximum atomic E-state index is 12.3. The molecule has 1 aromatic heterocycles. The molecule has 1 aromatic rings. The first kappa shape index (κ1) is 14.5. The van der Waals surface area contributed by atoms with Gasteiger partial charge in [-0.1, -0.05) is 11.8 Å². The summed E-state index contributed by atoms with van der Waals surface area (Å²) in [6.07, 6.45) is 5.09. The molecular formula is C13H15F2N3O2. The normalized spacial score (nSPS) is 18.4. The van der Waals surface area contributed by atoms with E-state index in [0.29, 0.717) is 4.68 Å². The second-order valence-electron chi connectivity index (χ2n) is 4.35. The molecule has 1 fully saturated rings. The highest BCUT2D eigenvalue weighted by Crippen LogP contribution is 2.11. The molecule has 0 aromatic carbocycles. The summed E-state index contributed by atoms with van der Waals surface area (Å²) in [5.41, 5.74) is 0.0843. The van der Waals surface area contributed by atoms with Gasteiger partial charge in [0.05, 0.1) is 18.3 Å². The van der Waals surface area contributed by atoms with Gasteiger partial charge in [-0.25, -0.2) is 4.68 Å². The van der Waals surface area contributed by atoms with Crippen LogP contribution in [0.15, 0.2) is 12.4 Å². The first-order chi connectivity index (χ1) is 9.66. The molecule has 0 spiro atoms. The Balaban J connectivity index is 1.78. The molecule has 1 N–H and O–H groups in total. The minimum Gasteiger partial charge on any atom is -0.366 e. The minimum atomic E-state index is -2.75. The van der Waals surface area contributed by atoms with E-state index in [1.54, 1.807) is 0 Å². The summed E-state index contributed by atoms with van der Waals surface area (Å²) in [6.45, 7) is -1.88. The molecule has 1 amide bonds. The van der Waals surface area contributed by atoms with Crippen LogP contribution in [0.4, 0.5) is 8.78 Å². The largest absolute Gasteiger partial charge is 0.366 e. The first-order valence-corrected chi connectivity index (χ1v) is 6.37. The molecule has 0 radical (unpaired) electrons. The quantitative estimate of drug-likeness (QED) is 0.857. The smallest absolute Gasteiger partial charge is 0.333 e. The fourth-order valence-electron chi connectivity index (χ4n) is 1.81. The van der Waals surface area contributed by atoms with E-state index in [9.17, 15) is 13.6 Å². The molecular weight excluding hydrogens is 268 g/mol. The Kier molecular flexibility index (Phi) is 5.07. The summed E-state index contributed by atoms with van der Waals surface area (Å²) in [5, 5.41) is 5.91. The number of alkyl halides is 2. The molecule has 1 saturated heterocycles. The van der Waals surface area contributed by atoms with E-state index in [4.69, 9.17) is 4.74 Å². The van der Waals surface area contributed by atoms with Crippen molar-refractivity contribution >= 4 is 5.91 Å². The first-order valence-electron chi connectivity index (χ1n) is 6.37. The monoisotopic (exact) mass is 283 g/mol. The van der Waals surface area contributed by atoms with Crippen LogP contribution in [0.5, 0.6) is 0 Å². The van der Waals surface area contributed by atoms with E-state index < -0.39 is 12.5 Å². The summed E-state index contributed by atoms with van der Waals surface area (Å²) < 4.78 is 30.4. The third-order valence-corrected chi connectivity index (χ3v) is 2.84. The molecule has 7 heteroatoms. The lowest BCUT2D eigenvalue weighted by molar-refractivity contribution is 0.0525. The van der Waals surface area contributed by atoms with Crippen molar-refractivity contribution in [3.8, 4) is 11.8 Å². The van der Waals surface area contributed by atoms with Crippen LogP contribution in [0.3, 0.4) is 0 Å². The number of halogens is 2. The molecule has 20 heavy (non-hydrogen) atoms. The van der Waals surface area contributed by atoms with Gasteiger partial charge >= 0.3 is 6.55 Å². The van der Waals surface area contributed by atoms with Crippen LogP contribution in [0, 0.1) is 11.8 Å². The Labute approximate surface area is 115 Å². The number of carbonyl (C=O) groups excluding carboxylic acids is 1. The van der Waals surface area contributed by atoms with E-state index in [1.807, 2.05) is 0 Å². The van der Waals surface area contributed by atoms with Gasteiger partial charge in [-0.05, 0) is 19.3 Å². The van der Waals surface area contributed by atoms with Crippen molar-refractivity contribution in [2.45, 2.75) is 31.9 Å². The molecule has 2 rings (SSSR count). The predicted molar refractivity (Wildman–Crippen MR) is 67.2 cm³/mol. The predicted octanol–water partition coefficient (Wildman–Crippen LogP) is 1.58. The Bertz CT molecular complexity index is 513. The molecule has 5 nitrogen and oxygen atoms in total. The summed E-state index contributed by atoms with van der Waals surface area (Å²) in [6, 6.07) is 0. The maximum Gasteiger partial charge on any atom is 0.333 e. The van der Waals surface area contributed by atoms with E-state index in [0.717, 1.165) is 38.3 Å². The molecule has 2 heterocycles. The van der Waals surface area contributed by atoms with Gasteiger partial charge in [0.15, 0.2) is 0 Å². The minimum absolute atomic E-state index is 0.0674. The lowest BCUT2D eigenvalue weighted by Gasteiger charge is -2.17. The third-order valence-electron chi connectivity index (χ3n) is 2.84. The Morgan fingerprint density at radius 1 is 1.60 bits per heavy atom.